The van der Waals surface area contributed by atoms with Crippen LogP contribution >= 0.6 is 0 Å². The number of primary amides is 1. The number of piperidine rings is 1. The van der Waals surface area contributed by atoms with Gasteiger partial charge in [0.1, 0.15) is 0 Å². The van der Waals surface area contributed by atoms with Crippen LogP contribution < -0.4 is 11.1 Å². The molecule has 5 rings (SSSR count). The van der Waals surface area contributed by atoms with Gasteiger partial charge in [-0.25, -0.2) is 8.42 Å². The van der Waals surface area contributed by atoms with Gasteiger partial charge in [0.15, 0.2) is 15.6 Å². The summed E-state index contributed by atoms with van der Waals surface area (Å²) in [6.45, 7) is 2.32. The van der Waals surface area contributed by atoms with Crippen LogP contribution in [0.15, 0.2) is 70.3 Å². The molecule has 2 aromatic heterocycles. The van der Waals surface area contributed by atoms with Gasteiger partial charge in [-0.05, 0) is 67.8 Å². The van der Waals surface area contributed by atoms with E-state index in [1.807, 2.05) is 0 Å². The van der Waals surface area contributed by atoms with E-state index in [-0.39, 0.29) is 48.1 Å². The normalized spacial score (nSPS) is 14.2. The van der Waals surface area contributed by atoms with Crippen LogP contribution in [0, 0.1) is 18.3 Å². The number of aryl methyl sites for hydroxylation is 1. The number of pyridine rings is 1. The van der Waals surface area contributed by atoms with Crippen molar-refractivity contribution in [2.75, 3.05) is 18.4 Å². The fourth-order valence-corrected chi connectivity index (χ4v) is 6.70. The Labute approximate surface area is 225 Å². The Morgan fingerprint density at radius 3 is 2.59 bits per heavy atom. The number of aromatic nitrogens is 1. The predicted octanol–water partition coefficient (Wildman–Crippen LogP) is 3.93. The van der Waals surface area contributed by atoms with E-state index in [9.17, 15) is 23.3 Å². The Balaban J connectivity index is 1.51. The highest BCUT2D eigenvalue weighted by molar-refractivity contribution is 7.92. The largest absolute Gasteiger partial charge is 0.459 e. The third-order valence-corrected chi connectivity index (χ3v) is 9.13. The summed E-state index contributed by atoms with van der Waals surface area (Å²) >= 11 is 0. The van der Waals surface area contributed by atoms with Crippen LogP contribution in [-0.4, -0.2) is 48.5 Å². The Hall–Kier alpha value is -4.69. The van der Waals surface area contributed by atoms with Crippen LogP contribution in [0.4, 0.5) is 11.4 Å². The van der Waals surface area contributed by atoms with Gasteiger partial charge in [-0.3, -0.25) is 14.6 Å². The van der Waals surface area contributed by atoms with Crippen molar-refractivity contribution in [1.82, 2.24) is 9.88 Å². The van der Waals surface area contributed by atoms with Gasteiger partial charge in [-0.1, -0.05) is 6.07 Å². The Morgan fingerprint density at radius 1 is 1.15 bits per heavy atom. The number of carbonyl (C=O) groups is 2. The highest BCUT2D eigenvalue weighted by Gasteiger charge is 2.34. The summed E-state index contributed by atoms with van der Waals surface area (Å²) in [5.41, 5.74) is 8.10. The zero-order valence-corrected chi connectivity index (χ0v) is 21.9. The Kier molecular flexibility index (Phi) is 6.80. The number of nitrogens with zero attached hydrogens (tertiary/aromatic N) is 3. The molecule has 0 saturated carbocycles. The first kappa shape index (κ1) is 25.9. The van der Waals surface area contributed by atoms with Crippen molar-refractivity contribution in [3.8, 4) is 6.07 Å². The second kappa shape index (κ2) is 10.2. The second-order valence-corrected chi connectivity index (χ2v) is 11.6. The number of nitrogens with two attached hydrogens (primary N) is 1. The SMILES string of the molecule is Cc1cc(S(=O)(=O)C2CCN(C(=O)c3ccco3)CC2)cc2c(Nc3cccc(C#N)c3)c(C(N)=O)cnc12. The van der Waals surface area contributed by atoms with Gasteiger partial charge in [0.25, 0.3) is 11.8 Å². The van der Waals surface area contributed by atoms with Crippen LogP contribution in [-0.2, 0) is 9.84 Å². The molecule has 0 unspecified atom stereocenters. The van der Waals surface area contributed by atoms with Crippen molar-refractivity contribution < 1.29 is 22.4 Å². The number of anilines is 2. The van der Waals surface area contributed by atoms with Crippen molar-refractivity contribution in [3.05, 3.63) is 83.4 Å². The van der Waals surface area contributed by atoms with Crippen LogP contribution in [0.1, 0.15) is 44.9 Å². The van der Waals surface area contributed by atoms with E-state index in [1.54, 1.807) is 54.3 Å². The average Bonchev–Trinajstić information content (AvgIpc) is 3.48. The summed E-state index contributed by atoms with van der Waals surface area (Å²) in [5, 5.41) is 12.1. The van der Waals surface area contributed by atoms with Gasteiger partial charge in [-0.2, -0.15) is 5.26 Å². The third-order valence-electron chi connectivity index (χ3n) is 6.89. The number of sulfone groups is 1. The number of hydrogen-bond acceptors (Lipinski definition) is 8. The lowest BCUT2D eigenvalue weighted by Gasteiger charge is -2.31. The smallest absolute Gasteiger partial charge is 0.289 e. The molecule has 2 amide bonds. The first-order valence-corrected chi connectivity index (χ1v) is 13.8. The molecule has 0 atom stereocenters. The number of amides is 2. The molecule has 3 heterocycles. The van der Waals surface area contributed by atoms with Gasteiger partial charge in [-0.15, -0.1) is 0 Å². The van der Waals surface area contributed by atoms with E-state index < -0.39 is 21.0 Å². The van der Waals surface area contributed by atoms with Crippen LogP contribution in [0.5, 0.6) is 0 Å². The second-order valence-electron chi connectivity index (χ2n) is 9.38. The van der Waals surface area contributed by atoms with E-state index >= 15 is 0 Å². The lowest BCUT2D eigenvalue weighted by Crippen LogP contribution is -2.42. The van der Waals surface area contributed by atoms with Gasteiger partial charge in [0.2, 0.25) is 0 Å². The Bertz CT molecular complexity index is 1730. The molecule has 2 aromatic carbocycles. The topological polar surface area (TPSA) is 159 Å². The first-order valence-electron chi connectivity index (χ1n) is 12.3. The molecule has 0 aliphatic carbocycles. The minimum absolute atomic E-state index is 0.0866. The number of benzene rings is 2. The number of furan rings is 1. The minimum atomic E-state index is -3.79. The molecule has 1 fully saturated rings. The molecule has 0 bridgehead atoms. The molecule has 4 aromatic rings. The van der Waals surface area contributed by atoms with Crippen molar-refractivity contribution in [2.45, 2.75) is 29.9 Å². The molecule has 10 nitrogen and oxygen atoms in total. The van der Waals surface area contributed by atoms with Gasteiger partial charge >= 0.3 is 0 Å². The number of rotatable bonds is 6. The maximum Gasteiger partial charge on any atom is 0.289 e. The lowest BCUT2D eigenvalue weighted by molar-refractivity contribution is 0.0693. The summed E-state index contributed by atoms with van der Waals surface area (Å²) < 4.78 is 32.7. The van der Waals surface area contributed by atoms with Crippen molar-refractivity contribution >= 4 is 43.9 Å². The maximum absolute atomic E-state index is 13.8. The molecule has 0 spiro atoms. The summed E-state index contributed by atoms with van der Waals surface area (Å²) in [5.74, 6) is -0.777. The summed E-state index contributed by atoms with van der Waals surface area (Å²) in [6, 6.07) is 15.0. The molecular formula is C28H25N5O5S. The summed E-state index contributed by atoms with van der Waals surface area (Å²) in [7, 11) is -3.79. The van der Waals surface area contributed by atoms with Crippen LogP contribution in [0.2, 0.25) is 0 Å². The number of fused-ring (bicyclic) bond motifs is 1. The van der Waals surface area contributed by atoms with Crippen molar-refractivity contribution in [2.24, 2.45) is 5.73 Å². The van der Waals surface area contributed by atoms with Crippen molar-refractivity contribution in [1.29, 1.82) is 5.26 Å². The zero-order valence-electron chi connectivity index (χ0n) is 21.0. The molecule has 0 radical (unpaired) electrons. The standard InChI is InChI=1S/C28H25N5O5S/c1-17-12-21(39(36,37)20-7-9-33(10-8-20)28(35)24-6-3-11-38-24)14-22-25(17)31-16-23(27(30)34)26(22)32-19-5-2-4-18(13-19)15-29/h2-6,11-14,16,20H,7-10H2,1H3,(H2,30,34)(H,31,32). The van der Waals surface area contributed by atoms with Crippen LogP contribution in [0.3, 0.4) is 0 Å². The number of hydrogen-bond donors (Lipinski definition) is 2. The Morgan fingerprint density at radius 2 is 1.92 bits per heavy atom. The van der Waals surface area contributed by atoms with E-state index in [0.29, 0.717) is 33.4 Å². The van der Waals surface area contributed by atoms with Gasteiger partial charge in [0.05, 0.1) is 44.8 Å². The van der Waals surface area contributed by atoms with E-state index in [4.69, 9.17) is 10.2 Å². The molecule has 11 heteroatoms. The molecule has 1 saturated heterocycles. The molecule has 198 valence electrons. The molecule has 1 aliphatic rings. The number of nitrogens with one attached hydrogen (secondary N) is 1. The quantitative estimate of drug-likeness (QED) is 0.370. The van der Waals surface area contributed by atoms with Gasteiger partial charge < -0.3 is 20.4 Å². The minimum Gasteiger partial charge on any atom is -0.459 e. The monoisotopic (exact) mass is 543 g/mol. The molecule has 1 aliphatic heterocycles. The first-order chi connectivity index (χ1) is 18.7. The number of nitriles is 1. The maximum atomic E-state index is 13.8. The van der Waals surface area contributed by atoms with Crippen LogP contribution in [0.25, 0.3) is 10.9 Å². The van der Waals surface area contributed by atoms with E-state index in [0.717, 1.165) is 0 Å². The number of carbonyl (C=O) groups excluding carboxylic acids is 2. The third kappa shape index (κ3) is 4.94. The van der Waals surface area contributed by atoms with Gasteiger partial charge in [0, 0.05) is 30.4 Å². The van der Waals surface area contributed by atoms with Crippen molar-refractivity contribution in [3.63, 3.8) is 0 Å². The summed E-state index contributed by atoms with van der Waals surface area (Å²) in [6.07, 6.45) is 3.33. The average molecular weight is 544 g/mol. The summed E-state index contributed by atoms with van der Waals surface area (Å²) in [4.78, 5) is 31.0. The molecule has 39 heavy (non-hydrogen) atoms. The zero-order chi connectivity index (χ0) is 27.7. The lowest BCUT2D eigenvalue weighted by atomic mass is 10.0. The number of likely N-dealkylation sites (tertiary alicyclic amines) is 1. The highest BCUT2D eigenvalue weighted by Crippen LogP contribution is 2.35. The van der Waals surface area contributed by atoms with E-state index in [2.05, 4.69) is 16.4 Å². The van der Waals surface area contributed by atoms with E-state index in [1.165, 1.54) is 18.5 Å². The molecule has 3 N–H and O–H groups in total. The fraction of sp³-hybridized carbons (Fsp3) is 0.214. The fourth-order valence-electron chi connectivity index (χ4n) is 4.86. The molecular weight excluding hydrogens is 518 g/mol. The predicted molar refractivity (Wildman–Crippen MR) is 144 cm³/mol. The highest BCUT2D eigenvalue weighted by atomic mass is 32.2.